The summed E-state index contributed by atoms with van der Waals surface area (Å²) in [6.45, 7) is 5.85. The largest absolute Gasteiger partial charge is 0.381 e. The molecule has 1 nitrogen and oxygen atoms in total. The summed E-state index contributed by atoms with van der Waals surface area (Å²) < 4.78 is 5.32. The van der Waals surface area contributed by atoms with Crippen LogP contribution in [0.5, 0.6) is 0 Å². The van der Waals surface area contributed by atoms with E-state index in [9.17, 15) is 0 Å². The highest BCUT2D eigenvalue weighted by Crippen LogP contribution is 2.21. The average Bonchev–Trinajstić information content (AvgIpc) is 2.14. The maximum absolute atomic E-state index is 5.32. The highest BCUT2D eigenvalue weighted by atomic mass is 16.5. The molecule has 0 N–H and O–H groups in total. The molecule has 1 radical (unpaired) electrons. The van der Waals surface area contributed by atoms with Crippen molar-refractivity contribution in [2.45, 2.75) is 44.9 Å². The van der Waals surface area contributed by atoms with Gasteiger partial charge in [-0.1, -0.05) is 39.0 Å². The highest BCUT2D eigenvalue weighted by Gasteiger charge is 2.12. The molecule has 1 rings (SSSR count). The molecule has 12 heavy (non-hydrogen) atoms. The lowest BCUT2D eigenvalue weighted by Gasteiger charge is -2.21. The van der Waals surface area contributed by atoms with Crippen LogP contribution in [0.4, 0.5) is 0 Å². The second-order valence-electron chi connectivity index (χ2n) is 3.76. The number of unbranched alkanes of at least 4 members (excludes halogenated alkanes) is 3. The molecule has 0 aromatic carbocycles. The smallest absolute Gasteiger partial charge is 0.0468 e. The summed E-state index contributed by atoms with van der Waals surface area (Å²) in [5, 5.41) is 0. The molecular formula is C11H21O. The van der Waals surface area contributed by atoms with Crippen molar-refractivity contribution in [1.82, 2.24) is 0 Å². The minimum Gasteiger partial charge on any atom is -0.381 e. The van der Waals surface area contributed by atoms with Crippen LogP contribution in [0.25, 0.3) is 0 Å². The molecule has 0 spiro atoms. The van der Waals surface area contributed by atoms with Gasteiger partial charge >= 0.3 is 0 Å². The van der Waals surface area contributed by atoms with Crippen molar-refractivity contribution in [1.29, 1.82) is 0 Å². The fourth-order valence-corrected chi connectivity index (χ4v) is 1.82. The van der Waals surface area contributed by atoms with Gasteiger partial charge in [0.2, 0.25) is 0 Å². The van der Waals surface area contributed by atoms with Gasteiger partial charge in [-0.2, -0.15) is 0 Å². The number of rotatable bonds is 5. The Labute approximate surface area is 76.5 Å². The molecule has 0 aliphatic carbocycles. The molecule has 0 bridgehead atoms. The van der Waals surface area contributed by atoms with Crippen LogP contribution in [0.2, 0.25) is 0 Å². The van der Waals surface area contributed by atoms with Crippen LogP contribution < -0.4 is 0 Å². The summed E-state index contributed by atoms with van der Waals surface area (Å²) in [4.78, 5) is 0. The van der Waals surface area contributed by atoms with Gasteiger partial charge in [0.25, 0.3) is 0 Å². The minimum atomic E-state index is 0.962. The van der Waals surface area contributed by atoms with E-state index in [1.807, 2.05) is 0 Å². The van der Waals surface area contributed by atoms with E-state index >= 15 is 0 Å². The Hall–Kier alpha value is -0.0400. The Morgan fingerprint density at radius 2 is 1.83 bits per heavy atom. The molecule has 1 heteroatoms. The van der Waals surface area contributed by atoms with Crippen LogP contribution in [0.15, 0.2) is 0 Å². The second kappa shape index (κ2) is 6.47. The van der Waals surface area contributed by atoms with Gasteiger partial charge in [-0.25, -0.2) is 0 Å². The van der Waals surface area contributed by atoms with Gasteiger partial charge in [-0.3, -0.25) is 0 Å². The fraction of sp³-hybridized carbons (Fsp3) is 0.909. The van der Waals surface area contributed by atoms with Crippen molar-refractivity contribution in [2.24, 2.45) is 5.92 Å². The van der Waals surface area contributed by atoms with Crippen LogP contribution in [0, 0.1) is 12.8 Å². The SMILES string of the molecule is [CH2]CCCCCC1CCOCC1. The van der Waals surface area contributed by atoms with E-state index in [0.29, 0.717) is 0 Å². The quantitative estimate of drug-likeness (QED) is 0.574. The molecule has 1 heterocycles. The van der Waals surface area contributed by atoms with Crippen LogP contribution >= 0.6 is 0 Å². The Kier molecular flexibility index (Phi) is 5.42. The van der Waals surface area contributed by atoms with Crippen molar-refractivity contribution >= 4 is 0 Å². The Morgan fingerprint density at radius 1 is 1.08 bits per heavy atom. The predicted molar refractivity (Wildman–Crippen MR) is 52.0 cm³/mol. The molecule has 1 fully saturated rings. The molecule has 0 amide bonds. The van der Waals surface area contributed by atoms with Gasteiger partial charge in [0.05, 0.1) is 0 Å². The zero-order valence-electron chi connectivity index (χ0n) is 8.06. The van der Waals surface area contributed by atoms with E-state index in [2.05, 4.69) is 6.92 Å². The molecule has 0 aromatic heterocycles. The maximum Gasteiger partial charge on any atom is 0.0468 e. The predicted octanol–water partition coefficient (Wildman–Crippen LogP) is 3.20. The normalized spacial score (nSPS) is 19.8. The van der Waals surface area contributed by atoms with Gasteiger partial charge in [-0.05, 0) is 18.8 Å². The van der Waals surface area contributed by atoms with Crippen LogP contribution in [-0.2, 0) is 4.74 Å². The zero-order chi connectivity index (χ0) is 8.65. The first kappa shape index (κ1) is 10.0. The highest BCUT2D eigenvalue weighted by molar-refractivity contribution is 4.63. The first-order chi connectivity index (χ1) is 5.93. The van der Waals surface area contributed by atoms with E-state index in [0.717, 1.165) is 25.6 Å². The van der Waals surface area contributed by atoms with E-state index < -0.39 is 0 Å². The number of hydrogen-bond acceptors (Lipinski definition) is 1. The Bertz CT molecular complexity index is 95.2. The zero-order valence-corrected chi connectivity index (χ0v) is 8.06. The lowest BCUT2D eigenvalue weighted by molar-refractivity contribution is 0.0631. The summed E-state index contributed by atoms with van der Waals surface area (Å²) in [6.07, 6.45) is 9.20. The van der Waals surface area contributed by atoms with Crippen molar-refractivity contribution in [2.75, 3.05) is 13.2 Å². The Morgan fingerprint density at radius 3 is 2.50 bits per heavy atom. The van der Waals surface area contributed by atoms with Gasteiger partial charge in [0.1, 0.15) is 0 Å². The van der Waals surface area contributed by atoms with Gasteiger partial charge in [0, 0.05) is 13.2 Å². The first-order valence-electron chi connectivity index (χ1n) is 5.30. The monoisotopic (exact) mass is 169 g/mol. The van der Waals surface area contributed by atoms with E-state index in [4.69, 9.17) is 4.74 Å². The summed E-state index contributed by atoms with van der Waals surface area (Å²) in [5.41, 5.74) is 0. The average molecular weight is 169 g/mol. The Balaban J connectivity index is 1.91. The third kappa shape index (κ3) is 4.10. The lowest BCUT2D eigenvalue weighted by atomic mass is 9.94. The summed E-state index contributed by atoms with van der Waals surface area (Å²) in [6, 6.07) is 0. The summed E-state index contributed by atoms with van der Waals surface area (Å²) in [5.74, 6) is 0.962. The van der Waals surface area contributed by atoms with E-state index in [-0.39, 0.29) is 0 Å². The molecular weight excluding hydrogens is 148 g/mol. The van der Waals surface area contributed by atoms with E-state index in [1.54, 1.807) is 0 Å². The molecule has 1 aliphatic rings. The standard InChI is InChI=1S/C11H21O/c1-2-3-4-5-6-11-7-9-12-10-8-11/h11H,1-10H2. The van der Waals surface area contributed by atoms with Crippen LogP contribution in [0.3, 0.4) is 0 Å². The first-order valence-corrected chi connectivity index (χ1v) is 5.30. The van der Waals surface area contributed by atoms with Gasteiger partial charge in [-0.15, -0.1) is 0 Å². The molecule has 0 aromatic rings. The van der Waals surface area contributed by atoms with Crippen molar-refractivity contribution in [3.8, 4) is 0 Å². The lowest BCUT2D eigenvalue weighted by Crippen LogP contribution is -2.15. The fourth-order valence-electron chi connectivity index (χ4n) is 1.82. The van der Waals surface area contributed by atoms with Crippen LogP contribution in [0.1, 0.15) is 44.9 Å². The van der Waals surface area contributed by atoms with Gasteiger partial charge in [0.15, 0.2) is 0 Å². The second-order valence-corrected chi connectivity index (χ2v) is 3.76. The number of ether oxygens (including phenoxy) is 1. The molecule has 1 saturated heterocycles. The molecule has 0 saturated carbocycles. The third-order valence-electron chi connectivity index (χ3n) is 2.70. The molecule has 1 aliphatic heterocycles. The van der Waals surface area contributed by atoms with Gasteiger partial charge < -0.3 is 4.74 Å². The number of hydrogen-bond donors (Lipinski definition) is 0. The van der Waals surface area contributed by atoms with Crippen molar-refractivity contribution < 1.29 is 4.74 Å². The summed E-state index contributed by atoms with van der Waals surface area (Å²) >= 11 is 0. The van der Waals surface area contributed by atoms with Crippen LogP contribution in [-0.4, -0.2) is 13.2 Å². The van der Waals surface area contributed by atoms with Crippen molar-refractivity contribution in [3.05, 3.63) is 6.92 Å². The van der Waals surface area contributed by atoms with Crippen molar-refractivity contribution in [3.63, 3.8) is 0 Å². The minimum absolute atomic E-state index is 0.962. The topological polar surface area (TPSA) is 9.23 Å². The molecule has 0 unspecified atom stereocenters. The summed E-state index contributed by atoms with van der Waals surface area (Å²) in [7, 11) is 0. The third-order valence-corrected chi connectivity index (χ3v) is 2.70. The molecule has 71 valence electrons. The maximum atomic E-state index is 5.32. The molecule has 0 atom stereocenters. The van der Waals surface area contributed by atoms with E-state index in [1.165, 1.54) is 38.5 Å².